The first kappa shape index (κ1) is 29.2. The van der Waals surface area contributed by atoms with E-state index in [2.05, 4.69) is 29.5 Å². The van der Waals surface area contributed by atoms with Crippen LogP contribution < -0.4 is 16.3 Å². The van der Waals surface area contributed by atoms with Gasteiger partial charge in [-0.3, -0.25) is 14.2 Å². The van der Waals surface area contributed by atoms with Gasteiger partial charge in [0.2, 0.25) is 5.91 Å². The summed E-state index contributed by atoms with van der Waals surface area (Å²) in [6, 6.07) is 5.27. The van der Waals surface area contributed by atoms with Gasteiger partial charge in [-0.05, 0) is 42.7 Å². The number of methoxy groups -OCH3 is 1. The fraction of sp³-hybridized carbons (Fsp3) is 0.630. The van der Waals surface area contributed by atoms with Crippen LogP contribution in [-0.4, -0.2) is 74.4 Å². The fourth-order valence-electron chi connectivity index (χ4n) is 5.75. The molecule has 2 fully saturated rings. The molecule has 0 spiro atoms. The van der Waals surface area contributed by atoms with E-state index in [4.69, 9.17) is 9.47 Å². The molecule has 11 nitrogen and oxygen atoms in total. The van der Waals surface area contributed by atoms with Crippen LogP contribution in [0.5, 0.6) is 0 Å². The molecule has 4 atom stereocenters. The van der Waals surface area contributed by atoms with Crippen LogP contribution in [0.3, 0.4) is 0 Å². The summed E-state index contributed by atoms with van der Waals surface area (Å²) in [4.78, 5) is 43.4. The zero-order chi connectivity index (χ0) is 28.4. The number of ketones is 1. The van der Waals surface area contributed by atoms with Gasteiger partial charge in [0.25, 0.3) is 0 Å². The van der Waals surface area contributed by atoms with Crippen LogP contribution in [0.1, 0.15) is 46.0 Å². The maximum absolute atomic E-state index is 13.6. The molecule has 2 aromatic rings. The molecule has 4 unspecified atom stereocenters. The Hall–Kier alpha value is -2.83. The van der Waals surface area contributed by atoms with Gasteiger partial charge >= 0.3 is 5.69 Å². The minimum Gasteiger partial charge on any atom is -0.382 e. The summed E-state index contributed by atoms with van der Waals surface area (Å²) in [7, 11) is -2.03. The lowest BCUT2D eigenvalue weighted by Gasteiger charge is -2.36. The summed E-state index contributed by atoms with van der Waals surface area (Å²) in [6.45, 7) is 4.62. The number of sulfone groups is 1. The van der Waals surface area contributed by atoms with Crippen LogP contribution in [0.25, 0.3) is 10.9 Å². The summed E-state index contributed by atoms with van der Waals surface area (Å²) >= 11 is 0. The van der Waals surface area contributed by atoms with Crippen molar-refractivity contribution in [1.29, 1.82) is 0 Å². The van der Waals surface area contributed by atoms with Crippen LogP contribution >= 0.6 is 0 Å². The first-order chi connectivity index (χ1) is 18.4. The molecule has 0 radical (unpaired) electrons. The highest BCUT2D eigenvalue weighted by Gasteiger charge is 2.38. The number of anilines is 1. The number of carbonyl (C=O) groups is 2. The quantitative estimate of drug-likeness (QED) is 0.443. The molecule has 0 bridgehead atoms. The Morgan fingerprint density at radius 2 is 2.03 bits per heavy atom. The molecule has 2 aliphatic rings. The Balaban J connectivity index is 1.65. The van der Waals surface area contributed by atoms with E-state index in [-0.39, 0.29) is 42.1 Å². The second-order valence-electron chi connectivity index (χ2n) is 11.5. The van der Waals surface area contributed by atoms with Crippen molar-refractivity contribution >= 4 is 38.2 Å². The number of para-hydroxylation sites is 1. The highest BCUT2D eigenvalue weighted by molar-refractivity contribution is 7.89. The topological polar surface area (TPSA) is 146 Å². The highest BCUT2D eigenvalue weighted by atomic mass is 32.2. The Kier molecular flexibility index (Phi) is 8.77. The van der Waals surface area contributed by atoms with Crippen molar-refractivity contribution in [3.63, 3.8) is 0 Å². The fourth-order valence-corrected chi connectivity index (χ4v) is 6.47. The predicted octanol–water partition coefficient (Wildman–Crippen LogP) is 1.88. The molecule has 1 aliphatic heterocycles. The molecule has 4 rings (SSSR count). The molecular weight excluding hydrogens is 524 g/mol. The van der Waals surface area contributed by atoms with Crippen molar-refractivity contribution in [2.75, 3.05) is 31.9 Å². The zero-order valence-electron chi connectivity index (χ0n) is 22.9. The lowest BCUT2D eigenvalue weighted by molar-refractivity contribution is -0.129. The maximum Gasteiger partial charge on any atom is 0.350 e. The Bertz CT molecular complexity index is 1390. The van der Waals surface area contributed by atoms with Crippen molar-refractivity contribution in [2.24, 2.45) is 11.3 Å². The van der Waals surface area contributed by atoms with Gasteiger partial charge < -0.3 is 20.1 Å². The predicted molar refractivity (Wildman–Crippen MR) is 147 cm³/mol. The van der Waals surface area contributed by atoms with Gasteiger partial charge in [-0.2, -0.15) is 4.98 Å². The summed E-state index contributed by atoms with van der Waals surface area (Å²) in [5, 5.41) is 6.54. The molecule has 2 N–H and O–H groups in total. The van der Waals surface area contributed by atoms with Gasteiger partial charge in [0, 0.05) is 18.8 Å². The molecule has 1 amide bonds. The molecule has 1 aromatic carbocycles. The number of Topliss-reactive ketones (excluding diaryl/α,β-unsaturated/α-hetero) is 1. The van der Waals surface area contributed by atoms with Gasteiger partial charge in [-0.25, -0.2) is 13.2 Å². The number of benzene rings is 1. The summed E-state index contributed by atoms with van der Waals surface area (Å²) in [5.74, 6) is -0.681. The van der Waals surface area contributed by atoms with E-state index < -0.39 is 39.6 Å². The zero-order valence-corrected chi connectivity index (χ0v) is 23.8. The van der Waals surface area contributed by atoms with Gasteiger partial charge in [0.05, 0.1) is 18.7 Å². The van der Waals surface area contributed by atoms with Crippen LogP contribution in [0.15, 0.2) is 29.1 Å². The van der Waals surface area contributed by atoms with Crippen molar-refractivity contribution in [1.82, 2.24) is 14.9 Å². The van der Waals surface area contributed by atoms with E-state index in [0.717, 1.165) is 36.5 Å². The SMILES string of the molecule is COCC1OCC(NC(=O)C(CC2CCCC(C)(C)C2)Nc2nc(=O)n(CS(C)(=O)=O)c3ccccc23)C1=O. The standard InChI is InChI=1S/C27H38N4O7S/c1-27(2)11-7-8-17(13-27)12-19(25(33)29-20-14-38-22(15-37-3)23(20)32)28-24-18-9-5-6-10-21(18)31(26(34)30-24)16-39(4,35)36/h5-6,9-10,17,19-20,22H,7-8,11-16H2,1-4H3,(H,29,33)(H,28,30,34). The van der Waals surface area contributed by atoms with E-state index in [1.165, 1.54) is 7.11 Å². The number of rotatable bonds is 10. The Morgan fingerprint density at radius 3 is 2.72 bits per heavy atom. The molecule has 1 saturated heterocycles. The van der Waals surface area contributed by atoms with Gasteiger partial charge in [-0.15, -0.1) is 0 Å². The number of ether oxygens (including phenoxy) is 2. The molecule has 2 heterocycles. The maximum atomic E-state index is 13.6. The lowest BCUT2D eigenvalue weighted by atomic mass is 9.70. The van der Waals surface area contributed by atoms with Crippen molar-refractivity contribution < 1.29 is 27.5 Å². The molecule has 12 heteroatoms. The van der Waals surface area contributed by atoms with Gasteiger partial charge in [0.15, 0.2) is 15.6 Å². The summed E-state index contributed by atoms with van der Waals surface area (Å²) in [5.41, 5.74) is -0.185. The number of carbonyl (C=O) groups excluding carboxylic acids is 2. The number of hydrogen-bond donors (Lipinski definition) is 2. The normalized spacial score (nSPS) is 24.0. The molecule has 1 aromatic heterocycles. The van der Waals surface area contributed by atoms with Crippen molar-refractivity contribution in [3.8, 4) is 0 Å². The average Bonchev–Trinajstić information content (AvgIpc) is 3.19. The summed E-state index contributed by atoms with van der Waals surface area (Å²) < 4.78 is 35.6. The largest absolute Gasteiger partial charge is 0.382 e. The monoisotopic (exact) mass is 562 g/mol. The number of fused-ring (bicyclic) bond motifs is 1. The second kappa shape index (κ2) is 11.7. The van der Waals surface area contributed by atoms with Gasteiger partial charge in [0.1, 0.15) is 29.9 Å². The minimum absolute atomic E-state index is 0.0600. The first-order valence-electron chi connectivity index (χ1n) is 13.3. The molecular formula is C27H38N4O7S. The van der Waals surface area contributed by atoms with Crippen molar-refractivity contribution in [2.45, 2.75) is 70.0 Å². The van der Waals surface area contributed by atoms with E-state index in [1.54, 1.807) is 24.3 Å². The minimum atomic E-state index is -3.51. The average molecular weight is 563 g/mol. The van der Waals surface area contributed by atoms with Gasteiger partial charge in [-0.1, -0.05) is 38.8 Å². The highest BCUT2D eigenvalue weighted by Crippen LogP contribution is 2.40. The lowest BCUT2D eigenvalue weighted by Crippen LogP contribution is -2.49. The van der Waals surface area contributed by atoms with E-state index in [0.29, 0.717) is 17.3 Å². The van der Waals surface area contributed by atoms with Crippen molar-refractivity contribution in [3.05, 3.63) is 34.7 Å². The molecule has 214 valence electrons. The van der Waals surface area contributed by atoms with Crippen LogP contribution in [0.4, 0.5) is 5.82 Å². The van der Waals surface area contributed by atoms with Crippen LogP contribution in [0.2, 0.25) is 0 Å². The Morgan fingerprint density at radius 1 is 1.28 bits per heavy atom. The number of nitrogens with one attached hydrogen (secondary N) is 2. The van der Waals surface area contributed by atoms with E-state index in [9.17, 15) is 22.8 Å². The third-order valence-corrected chi connectivity index (χ3v) is 8.24. The number of hydrogen-bond acceptors (Lipinski definition) is 9. The third kappa shape index (κ3) is 7.23. The molecule has 1 saturated carbocycles. The molecule has 39 heavy (non-hydrogen) atoms. The summed E-state index contributed by atoms with van der Waals surface area (Å²) in [6.07, 6.45) is 4.91. The second-order valence-corrected chi connectivity index (χ2v) is 13.7. The number of aromatic nitrogens is 2. The van der Waals surface area contributed by atoms with Crippen LogP contribution in [0, 0.1) is 11.3 Å². The first-order valence-corrected chi connectivity index (χ1v) is 15.3. The molecule has 1 aliphatic carbocycles. The number of nitrogens with zero attached hydrogens (tertiary/aromatic N) is 2. The number of amides is 1. The third-order valence-electron chi connectivity index (χ3n) is 7.51. The smallest absolute Gasteiger partial charge is 0.350 e. The van der Waals surface area contributed by atoms with Crippen LogP contribution in [-0.2, 0) is 34.8 Å². The van der Waals surface area contributed by atoms with E-state index >= 15 is 0 Å². The Labute approximate surface area is 228 Å². The van der Waals surface area contributed by atoms with E-state index in [1.807, 2.05) is 0 Å².